The second kappa shape index (κ2) is 7.38. The van der Waals surface area contributed by atoms with Crippen LogP contribution >= 0.6 is 0 Å². The van der Waals surface area contributed by atoms with Gasteiger partial charge in [0.25, 0.3) is 0 Å². The number of piperidine rings is 1. The fourth-order valence-corrected chi connectivity index (χ4v) is 3.80. The zero-order chi connectivity index (χ0) is 20.6. The molecule has 3 N–H and O–H groups in total. The van der Waals surface area contributed by atoms with E-state index in [0.29, 0.717) is 16.9 Å². The number of anilines is 3. The molecule has 3 aromatic rings. The second-order valence-corrected chi connectivity index (χ2v) is 6.99. The number of benzene rings is 1. The van der Waals surface area contributed by atoms with Crippen LogP contribution in [0, 0.1) is 0 Å². The monoisotopic (exact) mass is 402 g/mol. The van der Waals surface area contributed by atoms with Crippen molar-refractivity contribution in [1.82, 2.24) is 15.0 Å². The summed E-state index contributed by atoms with van der Waals surface area (Å²) in [5.74, 6) is 0.485. The fourth-order valence-electron chi connectivity index (χ4n) is 3.80. The molecule has 0 bridgehead atoms. The van der Waals surface area contributed by atoms with Crippen molar-refractivity contribution in [1.29, 1.82) is 0 Å². The van der Waals surface area contributed by atoms with Crippen molar-refractivity contribution in [3.8, 4) is 11.3 Å². The van der Waals surface area contributed by atoms with Crippen molar-refractivity contribution in [2.45, 2.75) is 25.4 Å². The highest BCUT2D eigenvalue weighted by atomic mass is 19.4. The van der Waals surface area contributed by atoms with Gasteiger partial charge in [-0.05, 0) is 43.5 Å². The third kappa shape index (κ3) is 3.64. The second-order valence-electron chi connectivity index (χ2n) is 6.99. The Kier molecular flexibility index (Phi) is 4.89. The van der Waals surface area contributed by atoms with Crippen LogP contribution in [0.5, 0.6) is 0 Å². The molecule has 0 amide bonds. The van der Waals surface area contributed by atoms with Crippen molar-refractivity contribution >= 4 is 28.5 Å². The average molecular weight is 402 g/mol. The highest BCUT2D eigenvalue weighted by Crippen LogP contribution is 2.42. The Morgan fingerprint density at radius 3 is 2.45 bits per heavy atom. The molecule has 0 atom stereocenters. The van der Waals surface area contributed by atoms with E-state index in [1.165, 1.54) is 6.07 Å². The van der Waals surface area contributed by atoms with Crippen LogP contribution in [0.15, 0.2) is 30.3 Å². The van der Waals surface area contributed by atoms with Crippen LogP contribution in [0.2, 0.25) is 0 Å². The molecule has 1 aliphatic rings. The molecule has 1 aliphatic heterocycles. The third-order valence-electron chi connectivity index (χ3n) is 5.11. The van der Waals surface area contributed by atoms with Crippen molar-refractivity contribution < 1.29 is 13.2 Å². The first kappa shape index (κ1) is 19.2. The van der Waals surface area contributed by atoms with Gasteiger partial charge in [-0.25, -0.2) is 4.98 Å². The molecule has 1 fully saturated rings. The lowest BCUT2D eigenvalue weighted by Crippen LogP contribution is -2.30. The summed E-state index contributed by atoms with van der Waals surface area (Å²) in [4.78, 5) is 14.7. The Labute approximate surface area is 166 Å². The van der Waals surface area contributed by atoms with Gasteiger partial charge in [-0.1, -0.05) is 6.07 Å². The first-order valence-corrected chi connectivity index (χ1v) is 9.46. The van der Waals surface area contributed by atoms with Gasteiger partial charge < -0.3 is 16.0 Å². The molecule has 0 saturated carbocycles. The van der Waals surface area contributed by atoms with Crippen LogP contribution in [-0.4, -0.2) is 35.1 Å². The molecule has 29 heavy (non-hydrogen) atoms. The van der Waals surface area contributed by atoms with E-state index in [2.05, 4.69) is 20.3 Å². The number of hydrogen-bond donors (Lipinski definition) is 2. The molecule has 4 rings (SSSR count). The molecule has 0 spiro atoms. The van der Waals surface area contributed by atoms with E-state index in [0.717, 1.165) is 38.4 Å². The lowest BCUT2D eigenvalue weighted by atomic mass is 9.98. The quantitative estimate of drug-likeness (QED) is 0.679. The van der Waals surface area contributed by atoms with Gasteiger partial charge in [0, 0.05) is 31.4 Å². The van der Waals surface area contributed by atoms with Gasteiger partial charge in [0.05, 0.1) is 16.6 Å². The summed E-state index contributed by atoms with van der Waals surface area (Å²) in [5.41, 5.74) is 6.12. The van der Waals surface area contributed by atoms with Crippen LogP contribution in [0.3, 0.4) is 0 Å². The van der Waals surface area contributed by atoms with Gasteiger partial charge in [-0.2, -0.15) is 23.1 Å². The Morgan fingerprint density at radius 2 is 1.76 bits per heavy atom. The summed E-state index contributed by atoms with van der Waals surface area (Å²) >= 11 is 0. The highest BCUT2D eigenvalue weighted by molar-refractivity contribution is 5.90. The Balaban J connectivity index is 1.95. The number of alkyl halides is 3. The van der Waals surface area contributed by atoms with E-state index in [1.807, 2.05) is 4.90 Å². The van der Waals surface area contributed by atoms with E-state index < -0.39 is 11.7 Å². The average Bonchev–Trinajstić information content (AvgIpc) is 2.72. The smallest absolute Gasteiger partial charge is 0.372 e. The van der Waals surface area contributed by atoms with Crippen molar-refractivity contribution in [2.24, 2.45) is 0 Å². The van der Waals surface area contributed by atoms with Gasteiger partial charge >= 0.3 is 6.18 Å². The minimum Gasteiger partial charge on any atom is -0.372 e. The number of nitrogens with two attached hydrogens (primary N) is 1. The number of nitrogens with zero attached hydrogens (tertiary/aromatic N) is 4. The molecule has 9 heteroatoms. The number of pyridine rings is 1. The van der Waals surface area contributed by atoms with E-state index in [1.54, 1.807) is 25.2 Å². The summed E-state index contributed by atoms with van der Waals surface area (Å²) in [6, 6.07) is 7.55. The lowest BCUT2D eigenvalue weighted by molar-refractivity contribution is -0.137. The maximum atomic E-state index is 13.9. The number of aromatic nitrogens is 3. The molecule has 0 radical (unpaired) electrons. The number of hydrogen-bond acceptors (Lipinski definition) is 6. The topological polar surface area (TPSA) is 80.0 Å². The van der Waals surface area contributed by atoms with Gasteiger partial charge in [0.15, 0.2) is 5.65 Å². The van der Waals surface area contributed by atoms with Crippen LogP contribution in [-0.2, 0) is 6.18 Å². The summed E-state index contributed by atoms with van der Waals surface area (Å²) in [7, 11) is 1.68. The molecule has 152 valence electrons. The van der Waals surface area contributed by atoms with Gasteiger partial charge in [-0.15, -0.1) is 0 Å². The SMILES string of the molecule is CNc1nc(N)nc2nc(-c3c(N4CCCCC4)cccc3C(F)(F)F)ccc12. The minimum atomic E-state index is -4.50. The Morgan fingerprint density at radius 1 is 1.00 bits per heavy atom. The Bertz CT molecular complexity index is 1040. The zero-order valence-corrected chi connectivity index (χ0v) is 15.9. The summed E-state index contributed by atoms with van der Waals surface area (Å²) in [5, 5.41) is 3.50. The minimum absolute atomic E-state index is 0.00635. The molecule has 1 saturated heterocycles. The van der Waals surface area contributed by atoms with E-state index in [4.69, 9.17) is 5.73 Å². The first-order chi connectivity index (χ1) is 13.9. The standard InChI is InChI=1S/C20H21F3N6/c1-25-17-12-8-9-14(26-18(12)28-19(24)27-17)16-13(20(21,22)23)6-5-7-15(16)29-10-3-2-4-11-29/h5-9H,2-4,10-11H2,1H3,(H3,24,25,26,27,28). The summed E-state index contributed by atoms with van der Waals surface area (Å²) < 4.78 is 41.6. The van der Waals surface area contributed by atoms with Gasteiger partial charge in [0.1, 0.15) is 5.82 Å². The fraction of sp³-hybridized carbons (Fsp3) is 0.350. The van der Waals surface area contributed by atoms with Crippen LogP contribution in [0.1, 0.15) is 24.8 Å². The maximum absolute atomic E-state index is 13.9. The predicted molar refractivity (Wildman–Crippen MR) is 108 cm³/mol. The molecule has 3 heterocycles. The normalized spacial score (nSPS) is 15.0. The number of fused-ring (bicyclic) bond motifs is 1. The van der Waals surface area contributed by atoms with E-state index in [-0.39, 0.29) is 22.9 Å². The first-order valence-electron chi connectivity index (χ1n) is 9.46. The highest BCUT2D eigenvalue weighted by Gasteiger charge is 2.36. The number of rotatable bonds is 3. The zero-order valence-electron chi connectivity index (χ0n) is 15.9. The van der Waals surface area contributed by atoms with Crippen LogP contribution < -0.4 is 16.0 Å². The molecular weight excluding hydrogens is 381 g/mol. The molecular formula is C20H21F3N6. The lowest BCUT2D eigenvalue weighted by Gasteiger charge is -2.31. The van der Waals surface area contributed by atoms with Crippen LogP contribution in [0.25, 0.3) is 22.3 Å². The van der Waals surface area contributed by atoms with Gasteiger partial charge in [-0.3, -0.25) is 0 Å². The van der Waals surface area contributed by atoms with E-state index >= 15 is 0 Å². The third-order valence-corrected chi connectivity index (χ3v) is 5.11. The molecule has 0 unspecified atom stereocenters. The molecule has 0 aliphatic carbocycles. The van der Waals surface area contributed by atoms with Crippen molar-refractivity contribution in [2.75, 3.05) is 36.1 Å². The Hall–Kier alpha value is -3.10. The van der Waals surface area contributed by atoms with Crippen LogP contribution in [0.4, 0.5) is 30.6 Å². The largest absolute Gasteiger partial charge is 0.417 e. The number of nitrogens with one attached hydrogen (secondary N) is 1. The molecule has 2 aromatic heterocycles. The van der Waals surface area contributed by atoms with E-state index in [9.17, 15) is 13.2 Å². The summed E-state index contributed by atoms with van der Waals surface area (Å²) in [6.45, 7) is 1.45. The number of halogens is 3. The van der Waals surface area contributed by atoms with Crippen molar-refractivity contribution in [3.63, 3.8) is 0 Å². The summed E-state index contributed by atoms with van der Waals surface area (Å²) in [6.07, 6.45) is -1.51. The predicted octanol–water partition coefficient (Wildman–Crippen LogP) is 4.32. The van der Waals surface area contributed by atoms with Gasteiger partial charge in [0.2, 0.25) is 5.95 Å². The molecule has 6 nitrogen and oxygen atoms in total. The molecule has 1 aromatic carbocycles. The maximum Gasteiger partial charge on any atom is 0.417 e. The van der Waals surface area contributed by atoms with Crippen molar-refractivity contribution in [3.05, 3.63) is 35.9 Å². The number of nitrogen functional groups attached to an aromatic ring is 1.